The molecule has 0 saturated carbocycles. The third-order valence-electron chi connectivity index (χ3n) is 3.56. The first-order chi connectivity index (χ1) is 9.58. The Balaban J connectivity index is 2.10. The van der Waals surface area contributed by atoms with Crippen molar-refractivity contribution in [2.45, 2.75) is 13.0 Å². The lowest BCUT2D eigenvalue weighted by molar-refractivity contribution is 0.220. The van der Waals surface area contributed by atoms with E-state index >= 15 is 0 Å². The van der Waals surface area contributed by atoms with Crippen molar-refractivity contribution >= 4 is 22.4 Å². The zero-order valence-electron chi connectivity index (χ0n) is 11.3. The molecule has 0 radical (unpaired) electrons. The van der Waals surface area contributed by atoms with Gasteiger partial charge in [-0.15, -0.1) is 0 Å². The van der Waals surface area contributed by atoms with Crippen LogP contribution in [-0.2, 0) is 7.05 Å². The molecule has 1 atom stereocenters. The SMILES string of the molecule is Cc1nn(C)c(Cl)c1C(O)c1ccc2ccccc2c1. The normalized spacial score (nSPS) is 12.8. The summed E-state index contributed by atoms with van der Waals surface area (Å²) in [4.78, 5) is 0. The predicted molar refractivity (Wildman–Crippen MR) is 81.0 cm³/mol. The Kier molecular flexibility index (Phi) is 3.24. The molecule has 0 spiro atoms. The van der Waals surface area contributed by atoms with Gasteiger partial charge in [0.2, 0.25) is 0 Å². The number of halogens is 1. The molecule has 4 heteroatoms. The van der Waals surface area contributed by atoms with Crippen molar-refractivity contribution in [3.05, 3.63) is 64.4 Å². The first-order valence-electron chi connectivity index (χ1n) is 6.43. The second-order valence-corrected chi connectivity index (χ2v) is 5.28. The second-order valence-electron chi connectivity index (χ2n) is 4.92. The smallest absolute Gasteiger partial charge is 0.133 e. The van der Waals surface area contributed by atoms with E-state index in [0.717, 1.165) is 22.0 Å². The fourth-order valence-electron chi connectivity index (χ4n) is 2.50. The summed E-state index contributed by atoms with van der Waals surface area (Å²) in [5.74, 6) is 0. The van der Waals surface area contributed by atoms with Gasteiger partial charge in [0, 0.05) is 12.6 Å². The summed E-state index contributed by atoms with van der Waals surface area (Å²) in [7, 11) is 1.77. The molecule has 3 rings (SSSR count). The van der Waals surface area contributed by atoms with E-state index in [1.54, 1.807) is 11.7 Å². The molecule has 1 unspecified atom stereocenters. The van der Waals surface area contributed by atoms with Crippen molar-refractivity contribution in [3.63, 3.8) is 0 Å². The van der Waals surface area contributed by atoms with Gasteiger partial charge >= 0.3 is 0 Å². The van der Waals surface area contributed by atoms with Crippen molar-refractivity contribution < 1.29 is 5.11 Å². The quantitative estimate of drug-likeness (QED) is 0.781. The molecule has 0 bridgehead atoms. The molecule has 3 nitrogen and oxygen atoms in total. The van der Waals surface area contributed by atoms with E-state index in [1.807, 2.05) is 49.4 Å². The van der Waals surface area contributed by atoms with Crippen molar-refractivity contribution in [1.29, 1.82) is 0 Å². The molecular formula is C16H15ClN2O. The van der Waals surface area contributed by atoms with Gasteiger partial charge in [-0.25, -0.2) is 0 Å². The van der Waals surface area contributed by atoms with Crippen molar-refractivity contribution in [1.82, 2.24) is 9.78 Å². The van der Waals surface area contributed by atoms with Crippen molar-refractivity contribution in [2.24, 2.45) is 7.05 Å². The van der Waals surface area contributed by atoms with Gasteiger partial charge < -0.3 is 5.11 Å². The molecular weight excluding hydrogens is 272 g/mol. The Morgan fingerprint density at radius 3 is 2.50 bits per heavy atom. The van der Waals surface area contributed by atoms with Crippen molar-refractivity contribution in [3.8, 4) is 0 Å². The molecule has 0 aliphatic rings. The number of rotatable bonds is 2. The van der Waals surface area contributed by atoms with Crippen LogP contribution in [0.1, 0.15) is 22.9 Å². The number of aliphatic hydroxyl groups is 1. The zero-order valence-corrected chi connectivity index (χ0v) is 12.1. The molecule has 0 fully saturated rings. The Bertz CT molecular complexity index is 779. The summed E-state index contributed by atoms with van der Waals surface area (Å²) in [5.41, 5.74) is 2.24. The van der Waals surface area contributed by atoms with E-state index in [2.05, 4.69) is 5.10 Å². The van der Waals surface area contributed by atoms with E-state index in [0.29, 0.717) is 10.7 Å². The van der Waals surface area contributed by atoms with Gasteiger partial charge in [-0.05, 0) is 29.3 Å². The predicted octanol–water partition coefficient (Wildman–Crippen LogP) is 3.62. The van der Waals surface area contributed by atoms with Crippen LogP contribution in [0.2, 0.25) is 5.15 Å². The minimum Gasteiger partial charge on any atom is -0.383 e. The van der Waals surface area contributed by atoms with Crippen LogP contribution >= 0.6 is 11.6 Å². The average molecular weight is 287 g/mol. The Morgan fingerprint density at radius 1 is 1.15 bits per heavy atom. The molecule has 0 aliphatic heterocycles. The van der Waals surface area contributed by atoms with Gasteiger partial charge in [-0.3, -0.25) is 4.68 Å². The van der Waals surface area contributed by atoms with Gasteiger partial charge in [0.05, 0.1) is 5.69 Å². The molecule has 0 aliphatic carbocycles. The van der Waals surface area contributed by atoms with Crippen LogP contribution in [0.4, 0.5) is 0 Å². The monoisotopic (exact) mass is 286 g/mol. The van der Waals surface area contributed by atoms with Crippen LogP contribution in [0.3, 0.4) is 0 Å². The average Bonchev–Trinajstić information content (AvgIpc) is 2.71. The second kappa shape index (κ2) is 4.93. The van der Waals surface area contributed by atoms with Gasteiger partial charge in [0.1, 0.15) is 11.3 Å². The zero-order chi connectivity index (χ0) is 14.3. The lowest BCUT2D eigenvalue weighted by Crippen LogP contribution is -2.01. The highest BCUT2D eigenvalue weighted by Gasteiger charge is 2.21. The van der Waals surface area contributed by atoms with E-state index in [4.69, 9.17) is 11.6 Å². The largest absolute Gasteiger partial charge is 0.383 e. The molecule has 102 valence electrons. The molecule has 3 aromatic rings. The Hall–Kier alpha value is -1.84. The summed E-state index contributed by atoms with van der Waals surface area (Å²) >= 11 is 6.22. The highest BCUT2D eigenvalue weighted by Crippen LogP contribution is 2.31. The molecule has 1 heterocycles. The minimum atomic E-state index is -0.763. The van der Waals surface area contributed by atoms with Gasteiger partial charge in [-0.2, -0.15) is 5.10 Å². The molecule has 20 heavy (non-hydrogen) atoms. The fourth-order valence-corrected chi connectivity index (χ4v) is 2.78. The number of benzene rings is 2. The van der Waals surface area contributed by atoms with Gasteiger partial charge in [0.25, 0.3) is 0 Å². The number of fused-ring (bicyclic) bond motifs is 1. The number of aromatic nitrogens is 2. The van der Waals surface area contributed by atoms with Gasteiger partial charge in [0.15, 0.2) is 0 Å². The summed E-state index contributed by atoms with van der Waals surface area (Å²) < 4.78 is 1.58. The highest BCUT2D eigenvalue weighted by atomic mass is 35.5. The molecule has 0 saturated heterocycles. The number of hydrogen-bond donors (Lipinski definition) is 1. The summed E-state index contributed by atoms with van der Waals surface area (Å²) in [5, 5.41) is 17.6. The number of aryl methyl sites for hydroxylation is 2. The summed E-state index contributed by atoms with van der Waals surface area (Å²) in [6.07, 6.45) is -0.763. The Morgan fingerprint density at radius 2 is 1.85 bits per heavy atom. The maximum Gasteiger partial charge on any atom is 0.133 e. The first-order valence-corrected chi connectivity index (χ1v) is 6.81. The van der Waals surface area contributed by atoms with Crippen LogP contribution in [-0.4, -0.2) is 14.9 Å². The molecule has 1 aromatic heterocycles. The van der Waals surface area contributed by atoms with E-state index < -0.39 is 6.10 Å². The molecule has 1 N–H and O–H groups in total. The third kappa shape index (κ3) is 2.09. The maximum absolute atomic E-state index is 10.6. The minimum absolute atomic E-state index is 0.475. The Labute approximate surface area is 122 Å². The van der Waals surface area contributed by atoms with Crippen LogP contribution < -0.4 is 0 Å². The van der Waals surface area contributed by atoms with E-state index in [-0.39, 0.29) is 0 Å². The summed E-state index contributed by atoms with van der Waals surface area (Å²) in [6, 6.07) is 14.0. The standard InChI is InChI=1S/C16H15ClN2O/c1-10-14(16(17)19(2)18-10)15(20)13-8-7-11-5-3-4-6-12(11)9-13/h3-9,15,20H,1-2H3. The van der Waals surface area contributed by atoms with Crippen LogP contribution in [0.15, 0.2) is 42.5 Å². The number of nitrogens with zero attached hydrogens (tertiary/aromatic N) is 2. The van der Waals surface area contributed by atoms with E-state index in [9.17, 15) is 5.11 Å². The molecule has 0 amide bonds. The topological polar surface area (TPSA) is 38.0 Å². The fraction of sp³-hybridized carbons (Fsp3) is 0.188. The van der Waals surface area contributed by atoms with Crippen LogP contribution in [0.25, 0.3) is 10.8 Å². The maximum atomic E-state index is 10.6. The first kappa shape index (κ1) is 13.2. The summed E-state index contributed by atoms with van der Waals surface area (Å²) in [6.45, 7) is 1.85. The lowest BCUT2D eigenvalue weighted by atomic mass is 9.99. The van der Waals surface area contributed by atoms with Crippen molar-refractivity contribution in [2.75, 3.05) is 0 Å². The lowest BCUT2D eigenvalue weighted by Gasteiger charge is -2.12. The highest BCUT2D eigenvalue weighted by molar-refractivity contribution is 6.30. The van der Waals surface area contributed by atoms with Crippen LogP contribution in [0.5, 0.6) is 0 Å². The van der Waals surface area contributed by atoms with Gasteiger partial charge in [-0.1, -0.05) is 48.0 Å². The van der Waals surface area contributed by atoms with Crippen LogP contribution in [0, 0.1) is 6.92 Å². The number of aliphatic hydroxyl groups excluding tert-OH is 1. The number of hydrogen-bond acceptors (Lipinski definition) is 2. The molecule has 2 aromatic carbocycles. The third-order valence-corrected chi connectivity index (χ3v) is 4.01. The van der Waals surface area contributed by atoms with E-state index in [1.165, 1.54) is 0 Å².